The number of halogens is 6. The largest absolute Gasteiger partial charge is 0.310 e. The number of rotatable bonds is 6. The fourth-order valence-electron chi connectivity index (χ4n) is 4.41. The van der Waals surface area contributed by atoms with Gasteiger partial charge in [-0.2, -0.15) is 0 Å². The summed E-state index contributed by atoms with van der Waals surface area (Å²) in [5, 5.41) is 4.59. The Morgan fingerprint density at radius 3 is 1.54 bits per heavy atom. The van der Waals surface area contributed by atoms with E-state index >= 15 is 0 Å². The smallest absolute Gasteiger partial charge is 0.233 e. The van der Waals surface area contributed by atoms with Crippen LogP contribution in [0.4, 0.5) is 19.4 Å². The van der Waals surface area contributed by atoms with E-state index < -0.39 is 20.7 Å². The molecule has 0 bridgehead atoms. The van der Waals surface area contributed by atoms with Crippen molar-refractivity contribution in [1.82, 2.24) is 14.8 Å². The average Bonchev–Trinajstić information content (AvgIpc) is 3.35. The first-order chi connectivity index (χ1) is 17.4. The van der Waals surface area contributed by atoms with Gasteiger partial charge >= 0.3 is 10.2 Å². The highest BCUT2D eigenvalue weighted by atomic mass is 127. The molecule has 0 spiro atoms. The summed E-state index contributed by atoms with van der Waals surface area (Å²) in [4.78, 5) is 2.31. The zero-order valence-electron chi connectivity index (χ0n) is 19.0. The van der Waals surface area contributed by atoms with Crippen LogP contribution in [-0.4, -0.2) is 14.8 Å². The maximum atomic E-state index is 13.6. The Labute approximate surface area is 223 Å². The van der Waals surface area contributed by atoms with Gasteiger partial charge in [0, 0.05) is 9.13 Å². The van der Waals surface area contributed by atoms with Crippen molar-refractivity contribution in [2.75, 3.05) is 0 Å². The number of aromatic nitrogens is 3. The van der Waals surface area contributed by atoms with Crippen LogP contribution in [0, 0.1) is 3.57 Å². The molecule has 0 aliphatic rings. The van der Waals surface area contributed by atoms with E-state index in [2.05, 4.69) is 10.1 Å². The molecular weight excluding hydrogens is 620 g/mol. The predicted molar refractivity (Wildman–Crippen MR) is 144 cm³/mol. The van der Waals surface area contributed by atoms with Crippen LogP contribution in [0.1, 0.15) is 16.7 Å². The zero-order chi connectivity index (χ0) is 26.4. The van der Waals surface area contributed by atoms with Crippen molar-refractivity contribution in [2.24, 2.45) is 0 Å². The van der Waals surface area contributed by atoms with Gasteiger partial charge in [-0.25, -0.2) is 9.67 Å². The van der Waals surface area contributed by atoms with Crippen LogP contribution >= 0.6 is 32.8 Å². The molecular formula is C27H19F5IN3S. The lowest BCUT2D eigenvalue weighted by atomic mass is 9.77. The minimum atomic E-state index is -9.91. The van der Waals surface area contributed by atoms with Gasteiger partial charge in [0.25, 0.3) is 0 Å². The van der Waals surface area contributed by atoms with Crippen LogP contribution in [0.5, 0.6) is 0 Å². The van der Waals surface area contributed by atoms with Crippen molar-refractivity contribution >= 4 is 32.8 Å². The molecule has 0 fully saturated rings. The van der Waals surface area contributed by atoms with E-state index in [1.807, 2.05) is 91.0 Å². The molecule has 37 heavy (non-hydrogen) atoms. The minimum absolute atomic E-state index is 0.00450. The molecule has 10 heteroatoms. The number of nitrogens with zero attached hydrogens (tertiary/aromatic N) is 3. The molecule has 0 atom stereocenters. The van der Waals surface area contributed by atoms with Gasteiger partial charge in [-0.3, -0.25) is 0 Å². The lowest BCUT2D eigenvalue weighted by molar-refractivity contribution is 0.364. The second kappa shape index (κ2) is 8.38. The highest BCUT2D eigenvalue weighted by Crippen LogP contribution is 3.02. The molecule has 5 rings (SSSR count). The summed E-state index contributed by atoms with van der Waals surface area (Å²) in [5.74, 6) is -0.103. The molecule has 1 aromatic heterocycles. The molecule has 0 unspecified atom stereocenters. The quantitative estimate of drug-likeness (QED) is 0.106. The van der Waals surface area contributed by atoms with Crippen molar-refractivity contribution in [3.63, 3.8) is 0 Å². The molecule has 0 radical (unpaired) electrons. The van der Waals surface area contributed by atoms with E-state index in [1.54, 1.807) is 27.3 Å². The fraction of sp³-hybridized carbons (Fsp3) is 0.0370. The molecule has 0 aliphatic carbocycles. The van der Waals surface area contributed by atoms with Gasteiger partial charge in [0.1, 0.15) is 16.8 Å². The van der Waals surface area contributed by atoms with Crippen LogP contribution in [0.25, 0.3) is 11.4 Å². The Hall–Kier alpha value is -3.25. The first-order valence-electron chi connectivity index (χ1n) is 11.0. The second-order valence-electron chi connectivity index (χ2n) is 8.47. The monoisotopic (exact) mass is 639 g/mol. The van der Waals surface area contributed by atoms with E-state index in [4.69, 9.17) is 0 Å². The Morgan fingerprint density at radius 2 is 1.11 bits per heavy atom. The normalized spacial score (nSPS) is 14.1. The summed E-state index contributed by atoms with van der Waals surface area (Å²) >= 11 is 1.59. The second-order valence-corrected chi connectivity index (χ2v) is 12.1. The molecule has 190 valence electrons. The Morgan fingerprint density at radius 1 is 0.649 bits per heavy atom. The molecule has 0 amide bonds. The van der Waals surface area contributed by atoms with E-state index in [1.165, 1.54) is 12.4 Å². The Balaban J connectivity index is 1.78. The van der Waals surface area contributed by atoms with Gasteiger partial charge in [0.2, 0.25) is 0 Å². The maximum Gasteiger partial charge on any atom is 0.310 e. The van der Waals surface area contributed by atoms with E-state index in [0.29, 0.717) is 12.1 Å². The molecule has 3 nitrogen and oxygen atoms in total. The summed E-state index contributed by atoms with van der Waals surface area (Å²) in [7, 11) is -9.91. The zero-order valence-corrected chi connectivity index (χ0v) is 22.0. The predicted octanol–water partition coefficient (Wildman–Crippen LogP) is 9.05. The lowest BCUT2D eigenvalue weighted by Gasteiger charge is -2.40. The first-order valence-corrected chi connectivity index (χ1v) is 14.0. The van der Waals surface area contributed by atoms with E-state index in [9.17, 15) is 19.4 Å². The highest BCUT2D eigenvalue weighted by Gasteiger charge is 2.65. The van der Waals surface area contributed by atoms with Crippen LogP contribution < -0.4 is 0 Å². The van der Waals surface area contributed by atoms with Gasteiger partial charge in [-0.1, -0.05) is 110 Å². The standard InChI is InChI=1S/C27H19F5IN3S/c28-37(29,30,31,32)25-17-20(16-24(33)18-25)26-34-19-36(35-26)27(21-10-4-1-5-11-21,22-12-6-2-7-13-22)23-14-8-3-9-15-23/h1-19H. The fourth-order valence-corrected chi connectivity index (χ4v) is 5.99. The number of hydrogen-bond donors (Lipinski definition) is 0. The summed E-state index contributed by atoms with van der Waals surface area (Å²) < 4.78 is 69.7. The van der Waals surface area contributed by atoms with Gasteiger partial charge in [0.15, 0.2) is 5.82 Å². The van der Waals surface area contributed by atoms with Gasteiger partial charge < -0.3 is 0 Å². The molecule has 0 saturated carbocycles. The van der Waals surface area contributed by atoms with Crippen molar-refractivity contribution < 1.29 is 19.4 Å². The summed E-state index contributed by atoms with van der Waals surface area (Å²) in [6.07, 6.45) is 1.42. The van der Waals surface area contributed by atoms with Crippen molar-refractivity contribution in [1.29, 1.82) is 0 Å². The molecule has 1 heterocycles. The average molecular weight is 639 g/mol. The molecule has 0 N–H and O–H groups in total. The topological polar surface area (TPSA) is 30.7 Å². The first kappa shape index (κ1) is 25.4. The SMILES string of the molecule is FS(F)(F)(F)(F)c1cc(I)cc(-c2ncn(C(c3ccccc3)(c3ccccc3)c3ccccc3)n2)c1. The third-order valence-corrected chi connectivity index (χ3v) is 7.73. The Kier molecular flexibility index (Phi) is 5.76. The Bertz CT molecular complexity index is 1460. The van der Waals surface area contributed by atoms with E-state index in [-0.39, 0.29) is 15.0 Å². The summed E-state index contributed by atoms with van der Waals surface area (Å²) in [6, 6.07) is 30.7. The van der Waals surface area contributed by atoms with E-state index in [0.717, 1.165) is 16.7 Å². The summed E-state index contributed by atoms with van der Waals surface area (Å²) in [6.45, 7) is 0. The molecule has 4 aromatic carbocycles. The van der Waals surface area contributed by atoms with Crippen LogP contribution in [0.15, 0.2) is 120 Å². The maximum absolute atomic E-state index is 13.6. The van der Waals surface area contributed by atoms with Crippen molar-refractivity contribution in [3.05, 3.63) is 136 Å². The third-order valence-electron chi connectivity index (χ3n) is 5.99. The molecule has 0 saturated heterocycles. The summed E-state index contributed by atoms with van der Waals surface area (Å²) in [5.41, 5.74) is 1.30. The molecule has 5 aromatic rings. The highest BCUT2D eigenvalue weighted by molar-refractivity contribution is 14.1. The van der Waals surface area contributed by atoms with Crippen LogP contribution in [-0.2, 0) is 5.54 Å². The van der Waals surface area contributed by atoms with Crippen molar-refractivity contribution in [2.45, 2.75) is 10.4 Å². The van der Waals surface area contributed by atoms with Gasteiger partial charge in [-0.05, 0) is 57.5 Å². The number of hydrogen-bond acceptors (Lipinski definition) is 2. The van der Waals surface area contributed by atoms with Crippen LogP contribution in [0.2, 0.25) is 0 Å². The minimum Gasteiger partial charge on any atom is -0.233 e. The van der Waals surface area contributed by atoms with Crippen LogP contribution in [0.3, 0.4) is 0 Å². The van der Waals surface area contributed by atoms with Gasteiger partial charge in [-0.15, -0.1) is 5.10 Å². The third kappa shape index (κ3) is 4.87. The van der Waals surface area contributed by atoms with Gasteiger partial charge in [0.05, 0.1) is 0 Å². The van der Waals surface area contributed by atoms with Crippen molar-refractivity contribution in [3.8, 4) is 11.4 Å². The number of benzene rings is 4. The molecule has 0 aliphatic heterocycles. The lowest BCUT2D eigenvalue weighted by Crippen LogP contribution is -2.38.